The number of carboxylic acid groups (broad SMARTS) is 1. The van der Waals surface area contributed by atoms with Crippen LogP contribution in [0.4, 0.5) is 4.79 Å². The molecule has 2 rings (SSSR count). The first kappa shape index (κ1) is 20.9. The van der Waals surface area contributed by atoms with Gasteiger partial charge in [-0.2, -0.15) is 0 Å². The Hall–Kier alpha value is -3.42. The molecule has 0 saturated carbocycles. The topological polar surface area (TPSA) is 103 Å². The number of carbonyl (C=O) groups excluding carboxylic acids is 1. The summed E-state index contributed by atoms with van der Waals surface area (Å²) in [7, 11) is 4.42. The maximum Gasteiger partial charge on any atom is 0.408 e. The van der Waals surface area contributed by atoms with Crippen LogP contribution in [0.25, 0.3) is 0 Å². The van der Waals surface area contributed by atoms with Gasteiger partial charge in [0.2, 0.25) is 0 Å². The number of benzene rings is 2. The smallest absolute Gasteiger partial charge is 0.408 e. The summed E-state index contributed by atoms with van der Waals surface area (Å²) in [6.45, 7) is 0.0404. The maximum absolute atomic E-state index is 12.0. The third kappa shape index (κ3) is 5.54. The molecule has 0 bridgehead atoms. The number of hydrogen-bond donors (Lipinski definition) is 2. The molecule has 0 aliphatic carbocycles. The number of alkyl carbamates (subject to hydrolysis) is 1. The van der Waals surface area contributed by atoms with E-state index in [4.69, 9.17) is 18.9 Å². The lowest BCUT2D eigenvalue weighted by molar-refractivity contribution is -0.139. The van der Waals surface area contributed by atoms with E-state index in [1.807, 2.05) is 18.2 Å². The van der Waals surface area contributed by atoms with E-state index in [-0.39, 0.29) is 13.0 Å². The average Bonchev–Trinajstić information content (AvgIpc) is 2.71. The van der Waals surface area contributed by atoms with Gasteiger partial charge >= 0.3 is 12.1 Å². The third-order valence-electron chi connectivity index (χ3n) is 4.01. The molecule has 28 heavy (non-hydrogen) atoms. The van der Waals surface area contributed by atoms with Gasteiger partial charge in [0.25, 0.3) is 0 Å². The summed E-state index contributed by atoms with van der Waals surface area (Å²) >= 11 is 0. The molecule has 0 aromatic heterocycles. The van der Waals surface area contributed by atoms with Gasteiger partial charge in [-0.05, 0) is 11.6 Å². The lowest BCUT2D eigenvalue weighted by Crippen LogP contribution is -2.42. The van der Waals surface area contributed by atoms with E-state index >= 15 is 0 Å². The maximum atomic E-state index is 12.0. The average molecular weight is 389 g/mol. The van der Waals surface area contributed by atoms with Crippen LogP contribution in [0.5, 0.6) is 17.2 Å². The van der Waals surface area contributed by atoms with Crippen LogP contribution in [-0.2, 0) is 22.6 Å². The Morgan fingerprint density at radius 3 is 2.14 bits per heavy atom. The van der Waals surface area contributed by atoms with E-state index in [0.717, 1.165) is 5.56 Å². The van der Waals surface area contributed by atoms with Crippen LogP contribution < -0.4 is 19.5 Å². The predicted molar refractivity (Wildman–Crippen MR) is 101 cm³/mol. The van der Waals surface area contributed by atoms with Crippen molar-refractivity contribution < 1.29 is 33.6 Å². The van der Waals surface area contributed by atoms with Crippen molar-refractivity contribution in [1.29, 1.82) is 0 Å². The van der Waals surface area contributed by atoms with E-state index in [2.05, 4.69) is 5.32 Å². The zero-order valence-electron chi connectivity index (χ0n) is 15.9. The first-order valence-electron chi connectivity index (χ1n) is 8.47. The molecule has 2 N–H and O–H groups in total. The monoisotopic (exact) mass is 389 g/mol. The number of ether oxygens (including phenoxy) is 4. The zero-order valence-corrected chi connectivity index (χ0v) is 15.9. The first-order valence-corrected chi connectivity index (χ1v) is 8.47. The highest BCUT2D eigenvalue weighted by atomic mass is 16.5. The van der Waals surface area contributed by atoms with Crippen LogP contribution in [0.2, 0.25) is 0 Å². The number of nitrogens with one attached hydrogen (secondary N) is 1. The molecule has 0 aliphatic heterocycles. The second-order valence-electron chi connectivity index (χ2n) is 5.82. The van der Waals surface area contributed by atoms with Crippen LogP contribution in [0, 0.1) is 0 Å². The van der Waals surface area contributed by atoms with Gasteiger partial charge in [0.1, 0.15) is 18.4 Å². The van der Waals surface area contributed by atoms with E-state index in [9.17, 15) is 14.7 Å². The molecule has 0 aliphatic rings. The van der Waals surface area contributed by atoms with Crippen molar-refractivity contribution in [2.24, 2.45) is 0 Å². The summed E-state index contributed by atoms with van der Waals surface area (Å²) in [6, 6.07) is 11.1. The van der Waals surface area contributed by atoms with Gasteiger partial charge in [0, 0.05) is 18.1 Å². The Bertz CT molecular complexity index is 808. The number of amides is 1. The molecule has 8 nitrogen and oxygen atoms in total. The Balaban J connectivity index is 2.10. The van der Waals surface area contributed by atoms with Gasteiger partial charge < -0.3 is 29.4 Å². The Morgan fingerprint density at radius 2 is 1.57 bits per heavy atom. The van der Waals surface area contributed by atoms with Crippen molar-refractivity contribution in [3.63, 3.8) is 0 Å². The lowest BCUT2D eigenvalue weighted by atomic mass is 10.0. The number of hydrogen-bond acceptors (Lipinski definition) is 6. The summed E-state index contributed by atoms with van der Waals surface area (Å²) in [6.07, 6.45) is -0.852. The van der Waals surface area contributed by atoms with Crippen molar-refractivity contribution in [1.82, 2.24) is 5.32 Å². The van der Waals surface area contributed by atoms with Crippen LogP contribution in [-0.4, -0.2) is 44.5 Å². The van der Waals surface area contributed by atoms with Crippen LogP contribution in [0.3, 0.4) is 0 Å². The number of aliphatic carboxylic acids is 1. The molecular formula is C20H23NO7. The molecule has 1 amide bonds. The molecule has 2 aromatic carbocycles. The fourth-order valence-electron chi connectivity index (χ4n) is 2.58. The summed E-state index contributed by atoms with van der Waals surface area (Å²) in [5.74, 6) is 0.0937. The van der Waals surface area contributed by atoms with Crippen molar-refractivity contribution >= 4 is 12.1 Å². The van der Waals surface area contributed by atoms with Crippen LogP contribution >= 0.6 is 0 Å². The molecule has 1 unspecified atom stereocenters. The van der Waals surface area contributed by atoms with Gasteiger partial charge in [-0.25, -0.2) is 9.59 Å². The van der Waals surface area contributed by atoms with E-state index < -0.39 is 18.1 Å². The number of carbonyl (C=O) groups is 2. The normalized spacial score (nSPS) is 11.2. The lowest BCUT2D eigenvalue weighted by Gasteiger charge is -2.18. The molecule has 2 aromatic rings. The minimum atomic E-state index is -1.21. The molecule has 0 spiro atoms. The summed E-state index contributed by atoms with van der Waals surface area (Å²) < 4.78 is 20.9. The molecule has 0 fully saturated rings. The molecular weight excluding hydrogens is 366 g/mol. The number of carboxylic acids is 1. The van der Waals surface area contributed by atoms with Crippen molar-refractivity contribution in [2.45, 2.75) is 19.1 Å². The Morgan fingerprint density at radius 1 is 0.964 bits per heavy atom. The highest BCUT2D eigenvalue weighted by molar-refractivity contribution is 5.80. The Labute approximate surface area is 163 Å². The quantitative estimate of drug-likeness (QED) is 0.679. The van der Waals surface area contributed by atoms with Crippen LogP contribution in [0.15, 0.2) is 42.5 Å². The van der Waals surface area contributed by atoms with Crippen molar-refractivity contribution in [2.75, 3.05) is 21.3 Å². The zero-order chi connectivity index (χ0) is 20.5. The fraction of sp³-hybridized carbons (Fsp3) is 0.300. The molecule has 1 atom stereocenters. The minimum Gasteiger partial charge on any atom is -0.496 e. The van der Waals surface area contributed by atoms with Crippen LogP contribution in [0.1, 0.15) is 11.1 Å². The minimum absolute atomic E-state index is 0.0285. The molecule has 0 heterocycles. The standard InChI is InChI=1S/C20H23NO7/c1-25-16-11-18(27-3)17(26-2)10-14(16)9-15(19(22)23)21-20(24)28-12-13-7-5-4-6-8-13/h4-8,10-11,15H,9,12H2,1-3H3,(H,21,24)(H,22,23). The molecule has 0 saturated heterocycles. The number of methoxy groups -OCH3 is 3. The fourth-order valence-corrected chi connectivity index (χ4v) is 2.58. The molecule has 8 heteroatoms. The van der Waals surface area contributed by atoms with Crippen molar-refractivity contribution in [3.05, 3.63) is 53.6 Å². The van der Waals surface area contributed by atoms with E-state index in [1.54, 1.807) is 24.3 Å². The third-order valence-corrected chi connectivity index (χ3v) is 4.01. The highest BCUT2D eigenvalue weighted by Gasteiger charge is 2.24. The van der Waals surface area contributed by atoms with Gasteiger partial charge in [-0.15, -0.1) is 0 Å². The highest BCUT2D eigenvalue weighted by Crippen LogP contribution is 2.35. The summed E-state index contributed by atoms with van der Waals surface area (Å²) in [4.78, 5) is 23.7. The molecule has 150 valence electrons. The second-order valence-corrected chi connectivity index (χ2v) is 5.82. The largest absolute Gasteiger partial charge is 0.496 e. The van der Waals surface area contributed by atoms with Gasteiger partial charge in [-0.1, -0.05) is 30.3 Å². The molecule has 0 radical (unpaired) electrons. The SMILES string of the molecule is COc1cc(OC)c(OC)cc1CC(NC(=O)OCc1ccccc1)C(=O)O. The first-order chi connectivity index (χ1) is 13.5. The Kier molecular flexibility index (Phi) is 7.50. The summed E-state index contributed by atoms with van der Waals surface area (Å²) in [5, 5.41) is 11.9. The van der Waals surface area contributed by atoms with Crippen molar-refractivity contribution in [3.8, 4) is 17.2 Å². The summed E-state index contributed by atoms with van der Waals surface area (Å²) in [5.41, 5.74) is 1.34. The van der Waals surface area contributed by atoms with Gasteiger partial charge in [0.05, 0.1) is 21.3 Å². The predicted octanol–water partition coefficient (Wildman–Crippen LogP) is 2.63. The van der Waals surface area contributed by atoms with Gasteiger partial charge in [0.15, 0.2) is 11.5 Å². The number of rotatable bonds is 9. The second kappa shape index (κ2) is 10.1. The van der Waals surface area contributed by atoms with E-state index in [1.165, 1.54) is 21.3 Å². The van der Waals surface area contributed by atoms with Gasteiger partial charge in [-0.3, -0.25) is 0 Å². The van der Waals surface area contributed by atoms with E-state index in [0.29, 0.717) is 22.8 Å².